The van der Waals surface area contributed by atoms with Gasteiger partial charge >= 0.3 is 5.97 Å². The van der Waals surface area contributed by atoms with E-state index in [0.29, 0.717) is 30.2 Å². The molecule has 1 saturated carbocycles. The first-order valence-electron chi connectivity index (χ1n) is 6.29. The van der Waals surface area contributed by atoms with Gasteiger partial charge in [-0.2, -0.15) is 0 Å². The molecule has 1 amide bonds. The number of carboxylic acid groups (broad SMARTS) is 1. The van der Waals surface area contributed by atoms with Crippen molar-refractivity contribution >= 4 is 34.8 Å². The Morgan fingerprint density at radius 3 is 2.79 bits per heavy atom. The molecule has 1 atom stereocenters. The summed E-state index contributed by atoms with van der Waals surface area (Å²) in [6.07, 6.45) is 3.59. The number of aliphatic carboxylic acids is 1. The van der Waals surface area contributed by atoms with E-state index >= 15 is 0 Å². The summed E-state index contributed by atoms with van der Waals surface area (Å²) in [5.74, 6) is -0.686. The van der Waals surface area contributed by atoms with Crippen LogP contribution in [0.2, 0.25) is 5.02 Å². The summed E-state index contributed by atoms with van der Waals surface area (Å²) in [5.41, 5.74) is 0. The fraction of sp³-hybridized carbons (Fsp3) is 0.538. The third-order valence-electron chi connectivity index (χ3n) is 3.12. The Balaban J connectivity index is 1.76. The van der Waals surface area contributed by atoms with Gasteiger partial charge in [0.25, 0.3) is 0 Å². The van der Waals surface area contributed by atoms with E-state index in [0.717, 1.165) is 17.7 Å². The molecule has 4 nitrogen and oxygen atoms in total. The van der Waals surface area contributed by atoms with Crippen LogP contribution in [0.1, 0.15) is 30.6 Å². The molecule has 1 fully saturated rings. The molecule has 0 aromatic carbocycles. The van der Waals surface area contributed by atoms with Crippen molar-refractivity contribution in [1.82, 2.24) is 5.32 Å². The van der Waals surface area contributed by atoms with Crippen LogP contribution in [-0.4, -0.2) is 23.0 Å². The summed E-state index contributed by atoms with van der Waals surface area (Å²) in [6.45, 7) is 0. The van der Waals surface area contributed by atoms with Gasteiger partial charge in [-0.1, -0.05) is 24.4 Å². The van der Waals surface area contributed by atoms with Crippen LogP contribution in [0.5, 0.6) is 0 Å². The van der Waals surface area contributed by atoms with E-state index in [2.05, 4.69) is 5.32 Å². The van der Waals surface area contributed by atoms with E-state index in [4.69, 9.17) is 16.7 Å². The van der Waals surface area contributed by atoms with Gasteiger partial charge in [-0.05, 0) is 24.8 Å². The highest BCUT2D eigenvalue weighted by Gasteiger charge is 2.30. The van der Waals surface area contributed by atoms with Crippen LogP contribution >= 0.6 is 22.9 Å². The van der Waals surface area contributed by atoms with Crippen LogP contribution in [0.3, 0.4) is 0 Å². The highest BCUT2D eigenvalue weighted by Crippen LogP contribution is 2.33. The molecule has 2 rings (SSSR count). The van der Waals surface area contributed by atoms with Crippen molar-refractivity contribution in [2.75, 3.05) is 0 Å². The minimum atomic E-state index is -0.945. The normalized spacial score (nSPS) is 16.1. The largest absolute Gasteiger partial charge is 0.480 e. The Hall–Kier alpha value is -1.07. The first-order chi connectivity index (χ1) is 9.04. The third-order valence-corrected chi connectivity index (χ3v) is 4.46. The van der Waals surface area contributed by atoms with Gasteiger partial charge in [-0.15, -0.1) is 11.3 Å². The topological polar surface area (TPSA) is 66.4 Å². The highest BCUT2D eigenvalue weighted by atomic mass is 35.5. The van der Waals surface area contributed by atoms with Gasteiger partial charge in [-0.3, -0.25) is 4.79 Å². The van der Waals surface area contributed by atoms with E-state index < -0.39 is 12.0 Å². The third kappa shape index (κ3) is 4.84. The molecule has 1 aromatic rings. The van der Waals surface area contributed by atoms with Crippen molar-refractivity contribution in [2.45, 2.75) is 38.1 Å². The highest BCUT2D eigenvalue weighted by molar-refractivity contribution is 7.10. The second-order valence-electron chi connectivity index (χ2n) is 4.87. The quantitative estimate of drug-likeness (QED) is 0.814. The fourth-order valence-electron chi connectivity index (χ4n) is 1.90. The van der Waals surface area contributed by atoms with Crippen LogP contribution in [-0.2, 0) is 16.0 Å². The molecule has 1 aliphatic carbocycles. The van der Waals surface area contributed by atoms with Crippen LogP contribution in [0, 0.1) is 5.92 Å². The van der Waals surface area contributed by atoms with E-state index in [1.807, 2.05) is 11.4 Å². The van der Waals surface area contributed by atoms with Crippen LogP contribution in [0.15, 0.2) is 11.4 Å². The molecule has 1 heterocycles. The number of hydrogen-bond acceptors (Lipinski definition) is 3. The second kappa shape index (κ2) is 6.39. The second-order valence-corrected chi connectivity index (χ2v) is 6.30. The van der Waals surface area contributed by atoms with E-state index in [-0.39, 0.29) is 5.91 Å². The minimum Gasteiger partial charge on any atom is -0.480 e. The summed E-state index contributed by atoms with van der Waals surface area (Å²) < 4.78 is 0. The fourth-order valence-corrected chi connectivity index (χ4v) is 2.97. The Morgan fingerprint density at radius 1 is 1.53 bits per heavy atom. The Kier molecular flexibility index (Phi) is 4.82. The van der Waals surface area contributed by atoms with Crippen molar-refractivity contribution in [1.29, 1.82) is 0 Å². The lowest BCUT2D eigenvalue weighted by Gasteiger charge is -2.13. The van der Waals surface area contributed by atoms with Crippen molar-refractivity contribution < 1.29 is 14.7 Å². The summed E-state index contributed by atoms with van der Waals surface area (Å²) in [6, 6.07) is 1.09. The lowest BCUT2D eigenvalue weighted by Crippen LogP contribution is -2.41. The van der Waals surface area contributed by atoms with Gasteiger partial charge in [0, 0.05) is 16.7 Å². The molecule has 1 unspecified atom stereocenters. The number of carbonyl (C=O) groups excluding carboxylic acids is 1. The van der Waals surface area contributed by atoms with Crippen LogP contribution < -0.4 is 5.32 Å². The number of halogens is 1. The van der Waals surface area contributed by atoms with E-state index in [1.165, 1.54) is 11.3 Å². The average molecular weight is 302 g/mol. The molecule has 0 aliphatic heterocycles. The lowest BCUT2D eigenvalue weighted by atomic mass is 10.1. The number of thiophene rings is 1. The van der Waals surface area contributed by atoms with Crippen molar-refractivity contribution in [2.24, 2.45) is 5.92 Å². The molecule has 2 N–H and O–H groups in total. The Morgan fingerprint density at radius 2 is 2.26 bits per heavy atom. The van der Waals surface area contributed by atoms with Crippen LogP contribution in [0.4, 0.5) is 0 Å². The van der Waals surface area contributed by atoms with Crippen molar-refractivity contribution in [3.8, 4) is 0 Å². The molecule has 0 saturated heterocycles. The molecule has 1 aromatic heterocycles. The first-order valence-corrected chi connectivity index (χ1v) is 7.55. The van der Waals surface area contributed by atoms with Gasteiger partial charge in [0.05, 0.1) is 5.02 Å². The molecule has 104 valence electrons. The molecule has 19 heavy (non-hydrogen) atoms. The predicted molar refractivity (Wildman–Crippen MR) is 74.6 cm³/mol. The maximum Gasteiger partial charge on any atom is 0.326 e. The number of hydrogen-bond donors (Lipinski definition) is 2. The summed E-state index contributed by atoms with van der Waals surface area (Å²) in [7, 11) is 0. The summed E-state index contributed by atoms with van der Waals surface area (Å²) in [5, 5.41) is 14.2. The number of nitrogens with one attached hydrogen (secondary N) is 1. The summed E-state index contributed by atoms with van der Waals surface area (Å²) >= 11 is 7.31. The van der Waals surface area contributed by atoms with Crippen molar-refractivity contribution in [3.05, 3.63) is 21.3 Å². The van der Waals surface area contributed by atoms with Crippen LogP contribution in [0.25, 0.3) is 0 Å². The van der Waals surface area contributed by atoms with Gasteiger partial charge in [0.15, 0.2) is 0 Å². The number of rotatable bonds is 7. The molecule has 0 spiro atoms. The van der Waals surface area contributed by atoms with Gasteiger partial charge in [0.1, 0.15) is 6.04 Å². The number of amides is 1. The lowest BCUT2D eigenvalue weighted by molar-refractivity contribution is -0.142. The Bertz CT molecular complexity index is 470. The molecule has 1 aliphatic rings. The first kappa shape index (κ1) is 14.3. The molecular formula is C13H16ClNO3S. The smallest absolute Gasteiger partial charge is 0.326 e. The minimum absolute atomic E-state index is 0.211. The standard InChI is InChI=1S/C13H16ClNO3S/c14-9-6-10(19-7-9)3-4-12(16)15-11(13(17)18)5-8-1-2-8/h6-8,11H,1-5H2,(H,15,16)(H,17,18). The predicted octanol–water partition coefficient (Wildman–Crippen LogP) is 2.70. The maximum absolute atomic E-state index is 11.7. The van der Waals surface area contributed by atoms with Gasteiger partial charge in [0.2, 0.25) is 5.91 Å². The zero-order chi connectivity index (χ0) is 13.8. The average Bonchev–Trinajstić information content (AvgIpc) is 3.07. The zero-order valence-corrected chi connectivity index (χ0v) is 12.0. The molecule has 0 bridgehead atoms. The molecule has 0 radical (unpaired) electrons. The zero-order valence-electron chi connectivity index (χ0n) is 10.4. The summed E-state index contributed by atoms with van der Waals surface area (Å²) in [4.78, 5) is 23.8. The van der Waals surface area contributed by atoms with Gasteiger partial charge < -0.3 is 10.4 Å². The van der Waals surface area contributed by atoms with E-state index in [1.54, 1.807) is 0 Å². The van der Waals surface area contributed by atoms with Crippen molar-refractivity contribution in [3.63, 3.8) is 0 Å². The molecular weight excluding hydrogens is 286 g/mol. The SMILES string of the molecule is O=C(CCc1cc(Cl)cs1)NC(CC1CC1)C(=O)O. The number of carboxylic acids is 1. The monoisotopic (exact) mass is 301 g/mol. The Labute approximate surface area is 120 Å². The van der Waals surface area contributed by atoms with E-state index in [9.17, 15) is 9.59 Å². The van der Waals surface area contributed by atoms with Gasteiger partial charge in [-0.25, -0.2) is 4.79 Å². The number of carbonyl (C=O) groups is 2. The maximum atomic E-state index is 11.7. The molecule has 6 heteroatoms. The number of aryl methyl sites for hydroxylation is 1.